The van der Waals surface area contributed by atoms with Crippen molar-refractivity contribution >= 4 is 6.08 Å². The Morgan fingerprint density at radius 2 is 2.55 bits per heavy atom. The number of allylic oxidation sites excluding steroid dienone is 1. The zero-order valence-electron chi connectivity index (χ0n) is 5.98. The van der Waals surface area contributed by atoms with Gasteiger partial charge in [-0.2, -0.15) is 0 Å². The third-order valence-electron chi connectivity index (χ3n) is 1.21. The maximum Gasteiger partial charge on any atom is 0.243 e. The van der Waals surface area contributed by atoms with E-state index in [0.717, 1.165) is 0 Å². The molecule has 4 nitrogen and oxygen atoms in total. The lowest BCUT2D eigenvalue weighted by Crippen LogP contribution is -1.92. The van der Waals surface area contributed by atoms with Crippen LogP contribution in [0.25, 0.3) is 6.08 Å². The molecule has 0 N–H and O–H groups in total. The monoisotopic (exact) mass is 153 g/mol. The highest BCUT2D eigenvalue weighted by atomic mass is 16.6. The molecule has 0 saturated carbocycles. The van der Waals surface area contributed by atoms with Crippen molar-refractivity contribution in [3.05, 3.63) is 40.0 Å². The first-order valence-corrected chi connectivity index (χ1v) is 3.05. The van der Waals surface area contributed by atoms with Crippen LogP contribution in [0, 0.1) is 10.1 Å². The van der Waals surface area contributed by atoms with Crippen molar-refractivity contribution in [2.75, 3.05) is 0 Å². The zero-order chi connectivity index (χ0) is 8.27. The topological polar surface area (TPSA) is 56.3 Å². The molecule has 1 heterocycles. The van der Waals surface area contributed by atoms with Crippen molar-refractivity contribution in [2.24, 2.45) is 0 Å². The standard InChI is InChI=1S/C7H7NO3/c1-6(8(9)10)4-7-2-3-11-5-7/h2-5H,1H3. The molecule has 0 aliphatic carbocycles. The molecule has 0 atom stereocenters. The first-order valence-electron chi connectivity index (χ1n) is 3.05. The molecule has 0 amide bonds. The van der Waals surface area contributed by atoms with Gasteiger partial charge in [-0.1, -0.05) is 0 Å². The van der Waals surface area contributed by atoms with Crippen LogP contribution in [0.3, 0.4) is 0 Å². The predicted octanol–water partition coefficient (Wildman–Crippen LogP) is 1.92. The Kier molecular flexibility index (Phi) is 2.06. The summed E-state index contributed by atoms with van der Waals surface area (Å²) < 4.78 is 4.73. The summed E-state index contributed by atoms with van der Waals surface area (Å²) in [5.74, 6) is 0. The Labute approximate surface area is 63.3 Å². The molecule has 1 aromatic heterocycles. The summed E-state index contributed by atoms with van der Waals surface area (Å²) >= 11 is 0. The lowest BCUT2D eigenvalue weighted by Gasteiger charge is -1.85. The van der Waals surface area contributed by atoms with Crippen molar-refractivity contribution in [2.45, 2.75) is 6.92 Å². The largest absolute Gasteiger partial charge is 0.472 e. The van der Waals surface area contributed by atoms with E-state index in [0.29, 0.717) is 5.56 Å². The minimum atomic E-state index is -0.438. The first-order chi connectivity index (χ1) is 5.20. The van der Waals surface area contributed by atoms with Crippen LogP contribution in [0.5, 0.6) is 0 Å². The van der Waals surface area contributed by atoms with Crippen LogP contribution < -0.4 is 0 Å². The number of nitrogens with zero attached hydrogens (tertiary/aromatic N) is 1. The van der Waals surface area contributed by atoms with Crippen LogP contribution in [0.2, 0.25) is 0 Å². The Hall–Kier alpha value is -1.58. The fraction of sp³-hybridized carbons (Fsp3) is 0.143. The molecule has 0 aliphatic rings. The van der Waals surface area contributed by atoms with Crippen LogP contribution >= 0.6 is 0 Å². The molecule has 0 unspecified atom stereocenters. The van der Waals surface area contributed by atoms with Gasteiger partial charge in [-0.25, -0.2) is 0 Å². The van der Waals surface area contributed by atoms with Gasteiger partial charge in [-0.05, 0) is 6.07 Å². The van der Waals surface area contributed by atoms with Crippen molar-refractivity contribution in [3.8, 4) is 0 Å². The summed E-state index contributed by atoms with van der Waals surface area (Å²) in [6.45, 7) is 1.44. The average molecular weight is 153 g/mol. The Morgan fingerprint density at radius 3 is 3.00 bits per heavy atom. The Morgan fingerprint density at radius 1 is 1.82 bits per heavy atom. The number of nitro groups is 1. The van der Waals surface area contributed by atoms with Crippen LogP contribution in [0.1, 0.15) is 12.5 Å². The normalized spacial score (nSPS) is 11.5. The second kappa shape index (κ2) is 3.01. The van der Waals surface area contributed by atoms with Gasteiger partial charge in [0.2, 0.25) is 5.70 Å². The van der Waals surface area contributed by atoms with Gasteiger partial charge >= 0.3 is 0 Å². The molecule has 4 heteroatoms. The highest BCUT2D eigenvalue weighted by molar-refractivity contribution is 5.48. The molecule has 0 aromatic carbocycles. The zero-order valence-corrected chi connectivity index (χ0v) is 5.98. The Bertz CT molecular complexity index is 274. The lowest BCUT2D eigenvalue weighted by molar-refractivity contribution is -0.422. The second-order valence-corrected chi connectivity index (χ2v) is 2.10. The van der Waals surface area contributed by atoms with Gasteiger partial charge in [0.25, 0.3) is 0 Å². The fourth-order valence-corrected chi connectivity index (χ4v) is 0.651. The lowest BCUT2D eigenvalue weighted by atomic mass is 10.3. The minimum Gasteiger partial charge on any atom is -0.472 e. The van der Waals surface area contributed by atoms with Gasteiger partial charge < -0.3 is 4.42 Å². The van der Waals surface area contributed by atoms with E-state index < -0.39 is 4.92 Å². The third kappa shape index (κ3) is 1.93. The maximum absolute atomic E-state index is 10.1. The van der Waals surface area contributed by atoms with E-state index in [1.165, 1.54) is 25.5 Å². The SMILES string of the molecule is CC(=Cc1ccoc1)[N+](=O)[O-]. The summed E-state index contributed by atoms with van der Waals surface area (Å²) in [7, 11) is 0. The van der Waals surface area contributed by atoms with E-state index in [4.69, 9.17) is 4.42 Å². The minimum absolute atomic E-state index is 0.103. The van der Waals surface area contributed by atoms with E-state index in [2.05, 4.69) is 0 Å². The third-order valence-corrected chi connectivity index (χ3v) is 1.21. The Balaban J connectivity index is 2.82. The second-order valence-electron chi connectivity index (χ2n) is 2.10. The average Bonchev–Trinajstić information content (AvgIpc) is 2.39. The van der Waals surface area contributed by atoms with Crippen LogP contribution in [0.15, 0.2) is 28.7 Å². The molecule has 0 aliphatic heterocycles. The van der Waals surface area contributed by atoms with E-state index in [1.54, 1.807) is 6.07 Å². The summed E-state index contributed by atoms with van der Waals surface area (Å²) in [4.78, 5) is 9.69. The molecule has 58 valence electrons. The summed E-state index contributed by atoms with van der Waals surface area (Å²) in [6, 6.07) is 1.66. The number of hydrogen-bond donors (Lipinski definition) is 0. The number of rotatable bonds is 2. The van der Waals surface area contributed by atoms with Gasteiger partial charge in [0, 0.05) is 18.6 Å². The van der Waals surface area contributed by atoms with E-state index >= 15 is 0 Å². The van der Waals surface area contributed by atoms with Gasteiger partial charge in [0.1, 0.15) is 0 Å². The number of hydrogen-bond acceptors (Lipinski definition) is 3. The molecular weight excluding hydrogens is 146 g/mol. The van der Waals surface area contributed by atoms with Crippen molar-refractivity contribution in [1.29, 1.82) is 0 Å². The van der Waals surface area contributed by atoms with Gasteiger partial charge in [0.05, 0.1) is 17.4 Å². The molecule has 1 aromatic rings. The predicted molar refractivity (Wildman–Crippen MR) is 39.4 cm³/mol. The molecule has 0 radical (unpaired) electrons. The maximum atomic E-state index is 10.1. The quantitative estimate of drug-likeness (QED) is 0.481. The summed E-state index contributed by atoms with van der Waals surface area (Å²) in [5, 5.41) is 10.1. The summed E-state index contributed by atoms with van der Waals surface area (Å²) in [5.41, 5.74) is 0.811. The van der Waals surface area contributed by atoms with Crippen molar-refractivity contribution < 1.29 is 9.34 Å². The van der Waals surface area contributed by atoms with Crippen LogP contribution in [-0.4, -0.2) is 4.92 Å². The van der Waals surface area contributed by atoms with E-state index in [1.807, 2.05) is 0 Å². The van der Waals surface area contributed by atoms with Gasteiger partial charge in [-0.3, -0.25) is 10.1 Å². The first kappa shape index (κ1) is 7.53. The van der Waals surface area contributed by atoms with Crippen LogP contribution in [-0.2, 0) is 0 Å². The summed E-state index contributed by atoms with van der Waals surface area (Å²) in [6.07, 6.45) is 4.37. The molecule has 0 spiro atoms. The molecule has 0 saturated heterocycles. The highest BCUT2D eigenvalue weighted by Crippen LogP contribution is 2.06. The smallest absolute Gasteiger partial charge is 0.243 e. The van der Waals surface area contributed by atoms with Gasteiger partial charge in [-0.15, -0.1) is 0 Å². The molecule has 11 heavy (non-hydrogen) atoms. The van der Waals surface area contributed by atoms with E-state index in [-0.39, 0.29) is 5.70 Å². The van der Waals surface area contributed by atoms with Crippen molar-refractivity contribution in [1.82, 2.24) is 0 Å². The van der Waals surface area contributed by atoms with Gasteiger partial charge in [0.15, 0.2) is 0 Å². The fourth-order valence-electron chi connectivity index (χ4n) is 0.651. The van der Waals surface area contributed by atoms with E-state index in [9.17, 15) is 10.1 Å². The van der Waals surface area contributed by atoms with Crippen molar-refractivity contribution in [3.63, 3.8) is 0 Å². The van der Waals surface area contributed by atoms with Crippen LogP contribution in [0.4, 0.5) is 0 Å². The molecular formula is C7H7NO3. The number of furan rings is 1. The molecule has 1 rings (SSSR count). The molecule has 0 bridgehead atoms. The molecule has 0 fully saturated rings. The highest BCUT2D eigenvalue weighted by Gasteiger charge is 2.01.